The molecule has 1 rings (SSSR count). The molecule has 0 amide bonds. The van der Waals surface area contributed by atoms with Crippen LogP contribution in [-0.2, 0) is 4.79 Å². The minimum Gasteiger partial charge on any atom is -0.481 e. The molecule has 0 saturated heterocycles. The summed E-state index contributed by atoms with van der Waals surface area (Å²) in [6, 6.07) is 0. The lowest BCUT2D eigenvalue weighted by Gasteiger charge is -2.38. The number of carboxylic acids is 1. The third-order valence-electron chi connectivity index (χ3n) is 4.06. The van der Waals surface area contributed by atoms with Crippen LogP contribution >= 0.6 is 0 Å². The van der Waals surface area contributed by atoms with Gasteiger partial charge in [0.05, 0.1) is 5.41 Å². The lowest BCUT2D eigenvalue weighted by Crippen LogP contribution is -2.37. The predicted molar refractivity (Wildman–Crippen MR) is 57.2 cm³/mol. The molecule has 0 aromatic rings. The number of carbonyl (C=O) groups is 1. The van der Waals surface area contributed by atoms with Crippen molar-refractivity contribution in [2.45, 2.75) is 52.9 Å². The van der Waals surface area contributed by atoms with Crippen molar-refractivity contribution >= 4 is 5.97 Å². The molecule has 1 saturated carbocycles. The lowest BCUT2D eigenvalue weighted by atomic mass is 9.66. The second-order valence-electron chi connectivity index (χ2n) is 5.04. The van der Waals surface area contributed by atoms with E-state index in [1.807, 2.05) is 13.8 Å². The van der Waals surface area contributed by atoms with Gasteiger partial charge in [-0.1, -0.05) is 26.7 Å². The number of rotatable bonds is 3. The number of aliphatic carboxylic acids is 1. The van der Waals surface area contributed by atoms with E-state index in [-0.39, 0.29) is 0 Å². The molecule has 1 aliphatic rings. The molecule has 0 aliphatic heterocycles. The first-order valence-corrected chi connectivity index (χ1v) is 5.74. The van der Waals surface area contributed by atoms with E-state index in [0.717, 1.165) is 19.3 Å². The van der Waals surface area contributed by atoms with Crippen LogP contribution in [0.25, 0.3) is 0 Å². The molecule has 14 heavy (non-hydrogen) atoms. The zero-order valence-electron chi connectivity index (χ0n) is 9.55. The SMILES string of the molecule is CCC(C)(C(=O)O)C1CCCC(C)C1. The molecule has 3 atom stereocenters. The highest BCUT2D eigenvalue weighted by Crippen LogP contribution is 2.42. The standard InChI is InChI=1S/C12H22O2/c1-4-12(3,11(13)14)10-7-5-6-9(2)8-10/h9-10H,4-8H2,1-3H3,(H,13,14). The first-order chi connectivity index (χ1) is 6.50. The Balaban J connectivity index is 2.73. The Morgan fingerprint density at radius 3 is 2.57 bits per heavy atom. The van der Waals surface area contributed by atoms with Crippen molar-refractivity contribution in [1.82, 2.24) is 0 Å². The summed E-state index contributed by atoms with van der Waals surface area (Å²) < 4.78 is 0. The van der Waals surface area contributed by atoms with Crippen LogP contribution in [0.1, 0.15) is 52.9 Å². The molecule has 1 aliphatic carbocycles. The van der Waals surface area contributed by atoms with Gasteiger partial charge >= 0.3 is 5.97 Å². The Bertz CT molecular complexity index is 212. The van der Waals surface area contributed by atoms with Crippen LogP contribution in [0.4, 0.5) is 0 Å². The average molecular weight is 198 g/mol. The fraction of sp³-hybridized carbons (Fsp3) is 0.917. The number of carboxylic acid groups (broad SMARTS) is 1. The van der Waals surface area contributed by atoms with Gasteiger partial charge in [0, 0.05) is 0 Å². The molecule has 0 spiro atoms. The van der Waals surface area contributed by atoms with Crippen LogP contribution in [0, 0.1) is 17.3 Å². The quantitative estimate of drug-likeness (QED) is 0.755. The smallest absolute Gasteiger partial charge is 0.309 e. The molecule has 0 radical (unpaired) electrons. The highest BCUT2D eigenvalue weighted by atomic mass is 16.4. The molecule has 1 N–H and O–H groups in total. The summed E-state index contributed by atoms with van der Waals surface area (Å²) in [6.45, 7) is 6.15. The van der Waals surface area contributed by atoms with Crippen LogP contribution in [0.5, 0.6) is 0 Å². The van der Waals surface area contributed by atoms with Crippen molar-refractivity contribution in [2.75, 3.05) is 0 Å². The molecule has 2 nitrogen and oxygen atoms in total. The zero-order valence-corrected chi connectivity index (χ0v) is 9.55. The molecule has 0 aromatic carbocycles. The summed E-state index contributed by atoms with van der Waals surface area (Å²) in [7, 11) is 0. The Labute approximate surface area is 86.7 Å². The van der Waals surface area contributed by atoms with Crippen LogP contribution in [0.3, 0.4) is 0 Å². The molecule has 82 valence electrons. The van der Waals surface area contributed by atoms with Gasteiger partial charge < -0.3 is 5.11 Å². The number of hydrogen-bond acceptors (Lipinski definition) is 1. The summed E-state index contributed by atoms with van der Waals surface area (Å²) in [6.07, 6.45) is 5.42. The highest BCUT2D eigenvalue weighted by molar-refractivity contribution is 5.74. The molecule has 1 fully saturated rings. The van der Waals surface area contributed by atoms with Crippen molar-refractivity contribution in [3.05, 3.63) is 0 Å². The maximum atomic E-state index is 11.3. The Kier molecular flexibility index (Phi) is 3.57. The van der Waals surface area contributed by atoms with Crippen molar-refractivity contribution in [3.63, 3.8) is 0 Å². The molecule has 0 heterocycles. The maximum absolute atomic E-state index is 11.3. The van der Waals surface area contributed by atoms with Crippen LogP contribution in [0.15, 0.2) is 0 Å². The van der Waals surface area contributed by atoms with E-state index in [1.165, 1.54) is 12.8 Å². The van der Waals surface area contributed by atoms with Gasteiger partial charge in [-0.25, -0.2) is 0 Å². The molecular weight excluding hydrogens is 176 g/mol. The highest BCUT2D eigenvalue weighted by Gasteiger charge is 2.41. The van der Waals surface area contributed by atoms with E-state index in [1.54, 1.807) is 0 Å². The van der Waals surface area contributed by atoms with E-state index >= 15 is 0 Å². The molecule has 0 bridgehead atoms. The third-order valence-corrected chi connectivity index (χ3v) is 4.06. The minimum absolute atomic E-state index is 0.383. The van der Waals surface area contributed by atoms with Gasteiger partial charge in [0.1, 0.15) is 0 Å². The lowest BCUT2D eigenvalue weighted by molar-refractivity contribution is -0.152. The van der Waals surface area contributed by atoms with Crippen molar-refractivity contribution in [1.29, 1.82) is 0 Å². The summed E-state index contributed by atoms with van der Waals surface area (Å²) in [5.41, 5.74) is -0.491. The normalized spacial score (nSPS) is 32.2. The minimum atomic E-state index is -0.612. The van der Waals surface area contributed by atoms with Crippen LogP contribution in [-0.4, -0.2) is 11.1 Å². The maximum Gasteiger partial charge on any atom is 0.309 e. The molecule has 0 aromatic heterocycles. The fourth-order valence-electron chi connectivity index (χ4n) is 2.63. The molecule has 3 unspecified atom stereocenters. The summed E-state index contributed by atoms with van der Waals surface area (Å²) in [5.74, 6) is 0.479. The second-order valence-corrected chi connectivity index (χ2v) is 5.04. The third kappa shape index (κ3) is 2.10. The Morgan fingerprint density at radius 1 is 1.50 bits per heavy atom. The molecular formula is C12H22O2. The summed E-state index contributed by atoms with van der Waals surface area (Å²) in [5, 5.41) is 9.27. The monoisotopic (exact) mass is 198 g/mol. The van der Waals surface area contributed by atoms with Crippen molar-refractivity contribution in [3.8, 4) is 0 Å². The van der Waals surface area contributed by atoms with Gasteiger partial charge in [-0.2, -0.15) is 0 Å². The predicted octanol–water partition coefficient (Wildman–Crippen LogP) is 3.31. The average Bonchev–Trinajstić information content (AvgIpc) is 2.16. The van der Waals surface area contributed by atoms with Gasteiger partial charge in [0.15, 0.2) is 0 Å². The van der Waals surface area contributed by atoms with Crippen molar-refractivity contribution in [2.24, 2.45) is 17.3 Å². The first kappa shape index (κ1) is 11.5. The van der Waals surface area contributed by atoms with Gasteiger partial charge in [-0.15, -0.1) is 0 Å². The summed E-state index contributed by atoms with van der Waals surface area (Å²) in [4.78, 5) is 11.3. The van der Waals surface area contributed by atoms with E-state index in [2.05, 4.69) is 6.92 Å². The van der Waals surface area contributed by atoms with E-state index in [4.69, 9.17) is 0 Å². The fourth-order valence-corrected chi connectivity index (χ4v) is 2.63. The van der Waals surface area contributed by atoms with E-state index < -0.39 is 11.4 Å². The van der Waals surface area contributed by atoms with Crippen molar-refractivity contribution < 1.29 is 9.90 Å². The van der Waals surface area contributed by atoms with Gasteiger partial charge in [0.25, 0.3) is 0 Å². The molecule has 2 heteroatoms. The largest absolute Gasteiger partial charge is 0.481 e. The van der Waals surface area contributed by atoms with Gasteiger partial charge in [-0.3, -0.25) is 4.79 Å². The van der Waals surface area contributed by atoms with E-state index in [0.29, 0.717) is 11.8 Å². The first-order valence-electron chi connectivity index (χ1n) is 5.74. The van der Waals surface area contributed by atoms with Gasteiger partial charge in [0.2, 0.25) is 0 Å². The topological polar surface area (TPSA) is 37.3 Å². The van der Waals surface area contributed by atoms with Crippen LogP contribution in [0.2, 0.25) is 0 Å². The Hall–Kier alpha value is -0.530. The van der Waals surface area contributed by atoms with Crippen LogP contribution < -0.4 is 0 Å². The Morgan fingerprint density at radius 2 is 2.14 bits per heavy atom. The summed E-state index contributed by atoms with van der Waals surface area (Å²) >= 11 is 0. The second kappa shape index (κ2) is 4.33. The number of hydrogen-bond donors (Lipinski definition) is 1. The van der Waals surface area contributed by atoms with Gasteiger partial charge in [-0.05, 0) is 38.0 Å². The van der Waals surface area contributed by atoms with E-state index in [9.17, 15) is 9.90 Å². The zero-order chi connectivity index (χ0) is 10.8.